The van der Waals surface area contributed by atoms with Gasteiger partial charge >= 0.3 is 0 Å². The molecule has 2 aromatic rings. The molecular weight excluding hydrogens is 375 g/mol. The number of para-hydroxylation sites is 1. The van der Waals surface area contributed by atoms with Crippen molar-refractivity contribution in [3.8, 4) is 0 Å². The van der Waals surface area contributed by atoms with Crippen LogP contribution in [0.25, 0.3) is 10.9 Å². The van der Waals surface area contributed by atoms with Crippen LogP contribution in [-0.2, 0) is 11.2 Å². The van der Waals surface area contributed by atoms with Gasteiger partial charge in [0.25, 0.3) is 0 Å². The van der Waals surface area contributed by atoms with Crippen molar-refractivity contribution < 1.29 is 4.79 Å². The fourth-order valence-corrected chi connectivity index (χ4v) is 4.88. The number of Topliss-reactive ketones (excluding diaryl/α,β-unsaturated/α-hetero) is 1. The van der Waals surface area contributed by atoms with Gasteiger partial charge in [-0.15, -0.1) is 0 Å². The first-order valence-corrected chi connectivity index (χ1v) is 8.60. The molecule has 2 aliphatic rings. The van der Waals surface area contributed by atoms with Crippen LogP contribution in [0.1, 0.15) is 30.6 Å². The second-order valence-corrected chi connectivity index (χ2v) is 7.53. The summed E-state index contributed by atoms with van der Waals surface area (Å²) in [6, 6.07) is 8.92. The van der Waals surface area contributed by atoms with Gasteiger partial charge in [0.1, 0.15) is 0 Å². The monoisotopic (exact) mass is 392 g/mol. The molecule has 21 heavy (non-hydrogen) atoms. The van der Waals surface area contributed by atoms with E-state index in [1.54, 1.807) is 6.92 Å². The quantitative estimate of drug-likeness (QED) is 0.593. The van der Waals surface area contributed by atoms with E-state index in [4.69, 9.17) is 0 Å². The van der Waals surface area contributed by atoms with Crippen molar-refractivity contribution >= 4 is 39.3 Å². The van der Waals surface area contributed by atoms with Crippen molar-refractivity contribution in [1.29, 1.82) is 0 Å². The number of H-pyrrole nitrogens is 1. The number of halogens is 1. The molecule has 108 valence electrons. The first kappa shape index (κ1) is 13.4. The molecule has 1 aromatic carbocycles. The fourth-order valence-electron chi connectivity index (χ4n) is 3.63. The van der Waals surface area contributed by atoms with Gasteiger partial charge in [0.2, 0.25) is 0 Å². The van der Waals surface area contributed by atoms with Gasteiger partial charge < -0.3 is 9.88 Å². The van der Waals surface area contributed by atoms with Crippen LogP contribution >= 0.6 is 22.6 Å². The number of nitrogens with zero attached hydrogens (tertiary/aromatic N) is 1. The number of hydrogen-bond donors (Lipinski definition) is 1. The molecule has 1 aromatic heterocycles. The summed E-state index contributed by atoms with van der Waals surface area (Å²) in [5.41, 5.74) is 5.01. The van der Waals surface area contributed by atoms with E-state index in [2.05, 4.69) is 62.9 Å². The summed E-state index contributed by atoms with van der Waals surface area (Å²) in [6.45, 7) is 2.67. The van der Waals surface area contributed by atoms with Gasteiger partial charge in [-0.25, -0.2) is 0 Å². The third kappa shape index (κ3) is 2.03. The highest BCUT2D eigenvalue weighted by atomic mass is 127. The zero-order valence-corrected chi connectivity index (χ0v) is 14.1. The Kier molecular flexibility index (Phi) is 3.10. The molecule has 0 spiro atoms. The number of carbonyl (C=O) groups excluding carboxylic acids is 1. The van der Waals surface area contributed by atoms with E-state index >= 15 is 0 Å². The summed E-state index contributed by atoms with van der Waals surface area (Å²) in [4.78, 5) is 17.7. The van der Waals surface area contributed by atoms with Gasteiger partial charge in [0.05, 0.1) is 6.04 Å². The maximum absolute atomic E-state index is 11.7. The van der Waals surface area contributed by atoms with Crippen LogP contribution in [0.2, 0.25) is 0 Å². The number of ketones is 1. The highest BCUT2D eigenvalue weighted by Crippen LogP contribution is 2.43. The zero-order chi connectivity index (χ0) is 14.6. The largest absolute Gasteiger partial charge is 0.367 e. The molecule has 0 saturated heterocycles. The minimum Gasteiger partial charge on any atom is -0.367 e. The summed E-state index contributed by atoms with van der Waals surface area (Å²) in [5, 5.41) is 1.36. The fraction of sp³-hybridized carbons (Fsp3) is 0.353. The Morgan fingerprint density at radius 1 is 1.38 bits per heavy atom. The molecule has 0 unspecified atom stereocenters. The lowest BCUT2D eigenvalue weighted by atomic mass is 9.89. The van der Waals surface area contributed by atoms with E-state index in [1.165, 1.54) is 22.2 Å². The van der Waals surface area contributed by atoms with Crippen LogP contribution in [-0.4, -0.2) is 26.1 Å². The second-order valence-electron chi connectivity index (χ2n) is 5.93. The average Bonchev–Trinajstić information content (AvgIpc) is 2.85. The number of nitrogens with one attached hydrogen (secondary N) is 1. The number of benzene rings is 1. The molecule has 4 rings (SSSR count). The minimum atomic E-state index is 0.206. The smallest absolute Gasteiger partial charge is 0.157 e. The minimum absolute atomic E-state index is 0.206. The molecule has 3 nitrogen and oxygen atoms in total. The number of rotatable bonds is 1. The van der Waals surface area contributed by atoms with Crippen molar-refractivity contribution in [2.75, 3.05) is 6.54 Å². The van der Waals surface area contributed by atoms with Crippen LogP contribution in [0.4, 0.5) is 0 Å². The topological polar surface area (TPSA) is 36.1 Å². The Morgan fingerprint density at radius 2 is 2.19 bits per heavy atom. The number of allylic oxidation sites excluding steroid dienone is 1. The highest BCUT2D eigenvalue weighted by molar-refractivity contribution is 14.1. The Hall–Kier alpha value is -1.30. The van der Waals surface area contributed by atoms with Gasteiger partial charge in [-0.1, -0.05) is 40.8 Å². The maximum Gasteiger partial charge on any atom is 0.157 e. The van der Waals surface area contributed by atoms with E-state index in [-0.39, 0.29) is 5.78 Å². The van der Waals surface area contributed by atoms with E-state index in [0.29, 0.717) is 9.97 Å². The van der Waals surface area contributed by atoms with Crippen molar-refractivity contribution in [2.24, 2.45) is 0 Å². The predicted molar refractivity (Wildman–Crippen MR) is 92.6 cm³/mol. The number of carbonyl (C=O) groups is 1. The number of alkyl halides is 1. The van der Waals surface area contributed by atoms with Crippen LogP contribution in [0.15, 0.2) is 36.0 Å². The molecule has 0 bridgehead atoms. The van der Waals surface area contributed by atoms with Crippen molar-refractivity contribution in [2.45, 2.75) is 29.7 Å². The molecule has 1 N–H and O–H groups in total. The predicted octanol–water partition coefficient (Wildman–Crippen LogP) is 3.75. The van der Waals surface area contributed by atoms with Gasteiger partial charge in [0, 0.05) is 38.8 Å². The molecule has 0 saturated carbocycles. The molecule has 0 fully saturated rings. The molecular formula is C17H17IN2O. The van der Waals surface area contributed by atoms with Gasteiger partial charge in [-0.2, -0.15) is 0 Å². The van der Waals surface area contributed by atoms with Gasteiger partial charge in [-0.3, -0.25) is 4.79 Å². The normalized spacial score (nSPS) is 24.5. The standard InChI is InChI=1S/C17H17IN2O/c1-10(21)11-8-14(18)17-16-13(6-7-20(17)9-11)12-4-2-3-5-15(12)19-16/h2-5,9,14,17,19H,6-8H2,1H3/t14-,17-/m1/s1. The average molecular weight is 392 g/mol. The van der Waals surface area contributed by atoms with Crippen LogP contribution in [0, 0.1) is 0 Å². The van der Waals surface area contributed by atoms with Crippen LogP contribution in [0.5, 0.6) is 0 Å². The first-order chi connectivity index (χ1) is 10.1. The van der Waals surface area contributed by atoms with Crippen molar-refractivity contribution in [1.82, 2.24) is 9.88 Å². The number of hydrogen-bond acceptors (Lipinski definition) is 2. The Bertz CT molecular complexity index is 761. The van der Waals surface area contributed by atoms with Crippen molar-refractivity contribution in [3.05, 3.63) is 47.3 Å². The summed E-state index contributed by atoms with van der Waals surface area (Å²) >= 11 is 2.51. The molecule has 4 heteroatoms. The Morgan fingerprint density at radius 3 is 3.00 bits per heavy atom. The number of aromatic nitrogens is 1. The highest BCUT2D eigenvalue weighted by Gasteiger charge is 2.37. The van der Waals surface area contributed by atoms with Gasteiger partial charge in [0.15, 0.2) is 5.78 Å². The first-order valence-electron chi connectivity index (χ1n) is 7.36. The lowest BCUT2D eigenvalue weighted by Gasteiger charge is -2.41. The Labute approximate surface area is 137 Å². The molecule has 0 radical (unpaired) electrons. The lowest BCUT2D eigenvalue weighted by molar-refractivity contribution is -0.114. The summed E-state index contributed by atoms with van der Waals surface area (Å²) in [5.74, 6) is 0.206. The molecule has 2 aliphatic heterocycles. The lowest BCUT2D eigenvalue weighted by Crippen LogP contribution is -2.40. The molecule has 0 amide bonds. The molecule has 0 aliphatic carbocycles. The zero-order valence-electron chi connectivity index (χ0n) is 11.9. The van der Waals surface area contributed by atoms with E-state index < -0.39 is 0 Å². The van der Waals surface area contributed by atoms with E-state index in [9.17, 15) is 4.79 Å². The van der Waals surface area contributed by atoms with Gasteiger partial charge in [-0.05, 0) is 31.4 Å². The molecule has 2 atom stereocenters. The molecule has 3 heterocycles. The summed E-state index contributed by atoms with van der Waals surface area (Å²) < 4.78 is 0.429. The van der Waals surface area contributed by atoms with Crippen LogP contribution in [0.3, 0.4) is 0 Å². The maximum atomic E-state index is 11.7. The van der Waals surface area contributed by atoms with E-state index in [0.717, 1.165) is 25.0 Å². The Balaban J connectivity index is 1.84. The van der Waals surface area contributed by atoms with E-state index in [1.807, 2.05) is 0 Å². The second kappa shape index (κ2) is 4.87. The SMILES string of the molecule is CC(=O)C1=CN2CCc3c([nH]c4ccccc34)[C@H]2[C@H](I)C1. The number of fused-ring (bicyclic) bond motifs is 5. The number of aromatic amines is 1. The van der Waals surface area contributed by atoms with Crippen molar-refractivity contribution in [3.63, 3.8) is 0 Å². The summed E-state index contributed by atoms with van der Waals surface area (Å²) in [7, 11) is 0. The van der Waals surface area contributed by atoms with Crippen LogP contribution < -0.4 is 0 Å². The third-order valence-electron chi connectivity index (χ3n) is 4.65. The third-order valence-corrected chi connectivity index (χ3v) is 5.77. The summed E-state index contributed by atoms with van der Waals surface area (Å²) in [6.07, 6.45) is 4.00.